The molecule has 0 spiro atoms. The number of nitrogens with one attached hydrogen (secondary N) is 2. The van der Waals surface area contributed by atoms with E-state index in [4.69, 9.17) is 5.11 Å². The normalized spacial score (nSPS) is 19.4. The summed E-state index contributed by atoms with van der Waals surface area (Å²) in [4.78, 5) is 35.6. The Morgan fingerprint density at radius 3 is 2.70 bits per heavy atom. The van der Waals surface area contributed by atoms with E-state index in [9.17, 15) is 14.4 Å². The average Bonchev–Trinajstić information content (AvgIpc) is 2.37. The Balaban J connectivity index is 2.43. The van der Waals surface area contributed by atoms with Crippen molar-refractivity contribution in [3.8, 4) is 0 Å². The Kier molecular flexibility index (Phi) is 7.00. The predicted molar refractivity (Wildman–Crippen MR) is 73.3 cm³/mol. The fourth-order valence-electron chi connectivity index (χ4n) is 2.44. The largest absolute Gasteiger partial charge is 0.481 e. The third-order valence-electron chi connectivity index (χ3n) is 3.38. The summed E-state index contributed by atoms with van der Waals surface area (Å²) in [6.45, 7) is 3.15. The molecule has 114 valence electrons. The maximum Gasteiger partial charge on any atom is 0.321 e. The number of carbonyl (C=O) groups is 3. The number of carbonyl (C=O) groups excluding carboxylic acids is 2. The summed E-state index contributed by atoms with van der Waals surface area (Å²) in [5.74, 6) is -1.17. The summed E-state index contributed by atoms with van der Waals surface area (Å²) < 4.78 is 0. The van der Waals surface area contributed by atoms with Gasteiger partial charge in [-0.1, -0.05) is 6.42 Å². The van der Waals surface area contributed by atoms with Crippen LogP contribution in [0.15, 0.2) is 0 Å². The zero-order valence-corrected chi connectivity index (χ0v) is 11.9. The highest BCUT2D eigenvalue weighted by atomic mass is 16.4. The number of carboxylic acid groups (broad SMARTS) is 1. The molecule has 1 unspecified atom stereocenters. The lowest BCUT2D eigenvalue weighted by atomic mass is 9.98. The molecule has 1 aliphatic heterocycles. The van der Waals surface area contributed by atoms with Gasteiger partial charge in [0.2, 0.25) is 5.91 Å². The molecule has 7 nitrogen and oxygen atoms in total. The molecule has 7 heteroatoms. The van der Waals surface area contributed by atoms with Gasteiger partial charge >= 0.3 is 12.0 Å². The van der Waals surface area contributed by atoms with Crippen LogP contribution in [-0.2, 0) is 9.59 Å². The van der Waals surface area contributed by atoms with Crippen molar-refractivity contribution in [3.05, 3.63) is 0 Å². The van der Waals surface area contributed by atoms with Crippen molar-refractivity contribution in [2.24, 2.45) is 0 Å². The van der Waals surface area contributed by atoms with Gasteiger partial charge in [-0.05, 0) is 32.7 Å². The van der Waals surface area contributed by atoms with Gasteiger partial charge in [-0.2, -0.15) is 0 Å². The number of amides is 3. The lowest BCUT2D eigenvalue weighted by molar-refractivity contribution is -0.137. The summed E-state index contributed by atoms with van der Waals surface area (Å²) in [5.41, 5.74) is 0. The molecule has 1 fully saturated rings. The second kappa shape index (κ2) is 8.52. The Bertz CT molecular complexity index is 360. The zero-order chi connectivity index (χ0) is 15.0. The zero-order valence-electron chi connectivity index (χ0n) is 11.9. The lowest BCUT2D eigenvalue weighted by Gasteiger charge is -2.34. The monoisotopic (exact) mass is 285 g/mol. The molecule has 20 heavy (non-hydrogen) atoms. The van der Waals surface area contributed by atoms with Crippen molar-refractivity contribution in [3.63, 3.8) is 0 Å². The molecule has 1 saturated heterocycles. The van der Waals surface area contributed by atoms with Crippen molar-refractivity contribution < 1.29 is 19.5 Å². The summed E-state index contributed by atoms with van der Waals surface area (Å²) in [6, 6.07) is -0.378. The topological polar surface area (TPSA) is 98.7 Å². The molecule has 1 heterocycles. The number of likely N-dealkylation sites (tertiary alicyclic amines) is 1. The van der Waals surface area contributed by atoms with Gasteiger partial charge in [-0.15, -0.1) is 0 Å². The van der Waals surface area contributed by atoms with Gasteiger partial charge in [0.05, 0.1) is 6.54 Å². The molecule has 0 aromatic rings. The van der Waals surface area contributed by atoms with Gasteiger partial charge in [0.1, 0.15) is 0 Å². The SMILES string of the molecule is CCNC(=O)NC(=O)CN1CCCCC1CCC(=O)O. The van der Waals surface area contributed by atoms with Crippen LogP contribution < -0.4 is 10.6 Å². The number of urea groups is 1. The van der Waals surface area contributed by atoms with Gasteiger partial charge < -0.3 is 10.4 Å². The summed E-state index contributed by atoms with van der Waals surface area (Å²) >= 11 is 0. The fraction of sp³-hybridized carbons (Fsp3) is 0.769. The van der Waals surface area contributed by atoms with Gasteiger partial charge in [0.25, 0.3) is 0 Å². The molecule has 1 rings (SSSR count). The van der Waals surface area contributed by atoms with Crippen molar-refractivity contribution in [1.82, 2.24) is 15.5 Å². The number of rotatable bonds is 6. The van der Waals surface area contributed by atoms with E-state index in [2.05, 4.69) is 10.6 Å². The molecule has 0 aromatic carbocycles. The smallest absolute Gasteiger partial charge is 0.321 e. The van der Waals surface area contributed by atoms with E-state index in [0.29, 0.717) is 13.0 Å². The van der Waals surface area contributed by atoms with Gasteiger partial charge in [0.15, 0.2) is 0 Å². The first kappa shape index (κ1) is 16.4. The van der Waals surface area contributed by atoms with Gasteiger partial charge in [-0.3, -0.25) is 19.8 Å². The van der Waals surface area contributed by atoms with Crippen LogP contribution in [-0.4, -0.2) is 53.6 Å². The number of hydrogen-bond acceptors (Lipinski definition) is 4. The Morgan fingerprint density at radius 1 is 1.30 bits per heavy atom. The summed E-state index contributed by atoms with van der Waals surface area (Å²) in [5, 5.41) is 13.5. The summed E-state index contributed by atoms with van der Waals surface area (Å²) in [7, 11) is 0. The number of aliphatic carboxylic acids is 1. The number of imide groups is 1. The van der Waals surface area contributed by atoms with E-state index in [1.165, 1.54) is 0 Å². The van der Waals surface area contributed by atoms with Gasteiger partial charge in [-0.25, -0.2) is 4.79 Å². The predicted octanol–water partition coefficient (Wildman–Crippen LogP) is 0.551. The van der Waals surface area contributed by atoms with Crippen molar-refractivity contribution >= 4 is 17.9 Å². The molecule has 0 radical (unpaired) electrons. The molecule has 3 N–H and O–H groups in total. The first-order valence-corrected chi connectivity index (χ1v) is 7.06. The summed E-state index contributed by atoms with van der Waals surface area (Å²) in [6.07, 6.45) is 3.61. The highest BCUT2D eigenvalue weighted by Gasteiger charge is 2.25. The highest BCUT2D eigenvalue weighted by Crippen LogP contribution is 2.20. The van der Waals surface area contributed by atoms with Crippen LogP contribution in [0.2, 0.25) is 0 Å². The van der Waals surface area contributed by atoms with Crippen molar-refractivity contribution in [2.45, 2.75) is 45.1 Å². The van der Waals surface area contributed by atoms with Crippen molar-refractivity contribution in [1.29, 1.82) is 0 Å². The molecular formula is C13H23N3O4. The Morgan fingerprint density at radius 2 is 2.05 bits per heavy atom. The molecular weight excluding hydrogens is 262 g/mol. The maximum absolute atomic E-state index is 11.8. The van der Waals surface area contributed by atoms with Crippen LogP contribution in [0.25, 0.3) is 0 Å². The first-order chi connectivity index (χ1) is 9.52. The second-order valence-corrected chi connectivity index (χ2v) is 4.96. The van der Waals surface area contributed by atoms with E-state index in [1.54, 1.807) is 6.92 Å². The van der Waals surface area contributed by atoms with E-state index in [1.807, 2.05) is 4.90 Å². The highest BCUT2D eigenvalue weighted by molar-refractivity contribution is 5.95. The van der Waals surface area contributed by atoms with Crippen LogP contribution in [0.5, 0.6) is 0 Å². The van der Waals surface area contributed by atoms with Crippen LogP contribution in [0.3, 0.4) is 0 Å². The number of carboxylic acids is 1. The molecule has 1 atom stereocenters. The van der Waals surface area contributed by atoms with Crippen LogP contribution in [0.1, 0.15) is 39.0 Å². The molecule has 0 aromatic heterocycles. The lowest BCUT2D eigenvalue weighted by Crippen LogP contribution is -2.48. The third kappa shape index (κ3) is 6.01. The number of nitrogens with zero attached hydrogens (tertiary/aromatic N) is 1. The molecule has 0 bridgehead atoms. The second-order valence-electron chi connectivity index (χ2n) is 4.96. The van der Waals surface area contributed by atoms with E-state index < -0.39 is 12.0 Å². The minimum Gasteiger partial charge on any atom is -0.481 e. The number of hydrogen-bond donors (Lipinski definition) is 3. The molecule has 0 saturated carbocycles. The van der Waals surface area contributed by atoms with Crippen LogP contribution in [0, 0.1) is 0 Å². The standard InChI is InChI=1S/C13H23N3O4/c1-2-14-13(20)15-11(17)9-16-8-4-3-5-10(16)6-7-12(18)19/h10H,2-9H2,1H3,(H,18,19)(H2,14,15,17,20). The Hall–Kier alpha value is -1.63. The quantitative estimate of drug-likeness (QED) is 0.662. The van der Waals surface area contributed by atoms with Crippen molar-refractivity contribution in [2.75, 3.05) is 19.6 Å². The Labute approximate surface area is 118 Å². The average molecular weight is 285 g/mol. The molecule has 1 aliphatic rings. The van der Waals surface area contributed by atoms with Crippen LogP contribution in [0.4, 0.5) is 4.79 Å². The van der Waals surface area contributed by atoms with Gasteiger partial charge in [0, 0.05) is 19.0 Å². The van der Waals surface area contributed by atoms with E-state index in [0.717, 1.165) is 25.8 Å². The van der Waals surface area contributed by atoms with E-state index in [-0.39, 0.29) is 24.9 Å². The van der Waals surface area contributed by atoms with E-state index >= 15 is 0 Å². The maximum atomic E-state index is 11.8. The molecule has 0 aliphatic carbocycles. The van der Waals surface area contributed by atoms with Crippen LogP contribution >= 0.6 is 0 Å². The fourth-order valence-corrected chi connectivity index (χ4v) is 2.44. The minimum atomic E-state index is -0.817. The molecule has 3 amide bonds. The minimum absolute atomic E-state index is 0.110. The first-order valence-electron chi connectivity index (χ1n) is 7.06. The number of piperidine rings is 1. The third-order valence-corrected chi connectivity index (χ3v) is 3.38.